The second kappa shape index (κ2) is 17.0. The van der Waals surface area contributed by atoms with Crippen LogP contribution in [-0.4, -0.2) is 85.9 Å². The topological polar surface area (TPSA) is 161 Å². The zero-order chi connectivity index (χ0) is 28.6. The first-order valence-electron chi connectivity index (χ1n) is 13.1. The SMILES string of the molecule is COC(=O)[C@H](CCCCNC(=O)OCc1ccccc1)NC(=O)CN(CC(=O)O)C(=O)C1CCC(OC)CC1. The Morgan fingerprint density at radius 3 is 2.31 bits per heavy atom. The molecule has 3 N–H and O–H groups in total. The molecule has 1 aromatic carbocycles. The first kappa shape index (κ1) is 31.5. The van der Waals surface area contributed by atoms with Crippen molar-refractivity contribution in [3.63, 3.8) is 0 Å². The number of nitrogens with one attached hydrogen (secondary N) is 2. The number of rotatable bonds is 15. The molecule has 216 valence electrons. The lowest BCUT2D eigenvalue weighted by Crippen LogP contribution is -2.50. The normalized spacial score (nSPS) is 17.4. The fraction of sp³-hybridized carbons (Fsp3) is 0.593. The maximum atomic E-state index is 13.0. The Balaban J connectivity index is 1.79. The summed E-state index contributed by atoms with van der Waals surface area (Å²) in [6, 6.07) is 8.28. The average Bonchev–Trinajstić information content (AvgIpc) is 2.94. The Hall–Kier alpha value is -3.67. The number of nitrogens with zero attached hydrogens (tertiary/aromatic N) is 1. The number of methoxy groups -OCH3 is 2. The number of amides is 3. The smallest absolute Gasteiger partial charge is 0.407 e. The van der Waals surface area contributed by atoms with Crippen LogP contribution in [0.3, 0.4) is 0 Å². The van der Waals surface area contributed by atoms with Crippen LogP contribution < -0.4 is 10.6 Å². The summed E-state index contributed by atoms with van der Waals surface area (Å²) >= 11 is 0. The molecule has 1 aliphatic rings. The van der Waals surface area contributed by atoms with Gasteiger partial charge in [-0.2, -0.15) is 0 Å². The van der Waals surface area contributed by atoms with Gasteiger partial charge in [0.05, 0.1) is 13.2 Å². The van der Waals surface area contributed by atoms with Gasteiger partial charge in [0.1, 0.15) is 25.7 Å². The van der Waals surface area contributed by atoms with Crippen LogP contribution in [0.4, 0.5) is 4.79 Å². The Kier molecular flexibility index (Phi) is 13.8. The predicted molar refractivity (Wildman–Crippen MR) is 139 cm³/mol. The van der Waals surface area contributed by atoms with E-state index in [0.29, 0.717) is 45.1 Å². The van der Waals surface area contributed by atoms with Crippen molar-refractivity contribution in [3.8, 4) is 0 Å². The van der Waals surface area contributed by atoms with Crippen molar-refractivity contribution >= 4 is 29.8 Å². The van der Waals surface area contributed by atoms with E-state index in [1.807, 2.05) is 30.3 Å². The van der Waals surface area contributed by atoms with E-state index in [4.69, 9.17) is 14.2 Å². The number of carboxylic acid groups (broad SMARTS) is 1. The molecular formula is C27H39N3O9. The Morgan fingerprint density at radius 2 is 1.69 bits per heavy atom. The number of hydrogen-bond donors (Lipinski definition) is 3. The molecule has 0 unspecified atom stereocenters. The minimum atomic E-state index is -1.24. The lowest BCUT2D eigenvalue weighted by Gasteiger charge is -2.31. The van der Waals surface area contributed by atoms with E-state index >= 15 is 0 Å². The van der Waals surface area contributed by atoms with E-state index in [2.05, 4.69) is 10.6 Å². The summed E-state index contributed by atoms with van der Waals surface area (Å²) in [4.78, 5) is 62.1. The van der Waals surface area contributed by atoms with Crippen LogP contribution in [0, 0.1) is 5.92 Å². The largest absolute Gasteiger partial charge is 0.480 e. The maximum Gasteiger partial charge on any atom is 0.407 e. The number of alkyl carbamates (subject to hydrolysis) is 1. The van der Waals surface area contributed by atoms with Gasteiger partial charge in [0.15, 0.2) is 0 Å². The molecule has 0 spiro atoms. The van der Waals surface area contributed by atoms with Gasteiger partial charge in [-0.25, -0.2) is 9.59 Å². The second-order valence-electron chi connectivity index (χ2n) is 9.42. The number of carbonyl (C=O) groups excluding carboxylic acids is 4. The third-order valence-electron chi connectivity index (χ3n) is 6.55. The quantitative estimate of drug-likeness (QED) is 0.219. The number of benzene rings is 1. The van der Waals surface area contributed by atoms with Crippen molar-refractivity contribution in [1.29, 1.82) is 0 Å². The second-order valence-corrected chi connectivity index (χ2v) is 9.42. The van der Waals surface area contributed by atoms with Gasteiger partial charge >= 0.3 is 18.0 Å². The number of carbonyl (C=O) groups is 5. The number of unbranched alkanes of at least 4 members (excludes halogenated alkanes) is 1. The van der Waals surface area contributed by atoms with Crippen molar-refractivity contribution in [2.75, 3.05) is 33.9 Å². The highest BCUT2D eigenvalue weighted by molar-refractivity contribution is 5.90. The summed E-state index contributed by atoms with van der Waals surface area (Å²) < 4.78 is 15.2. The van der Waals surface area contributed by atoms with E-state index in [1.54, 1.807) is 7.11 Å². The number of carboxylic acids is 1. The van der Waals surface area contributed by atoms with Gasteiger partial charge in [-0.3, -0.25) is 14.4 Å². The molecule has 0 radical (unpaired) electrons. The zero-order valence-electron chi connectivity index (χ0n) is 22.6. The molecule has 12 heteroatoms. The monoisotopic (exact) mass is 549 g/mol. The third kappa shape index (κ3) is 11.7. The molecular weight excluding hydrogens is 510 g/mol. The standard InChI is InChI=1S/C27H39N3O9/c1-37-21-13-11-20(12-14-21)25(34)30(17-24(32)33)16-23(31)29-22(26(35)38-2)10-6-7-15-28-27(36)39-18-19-8-4-3-5-9-19/h3-5,8-9,20-22H,6-7,10-18H2,1-2H3,(H,28,36)(H,29,31)(H,32,33)/t20?,21?,22-/m0/s1. The van der Waals surface area contributed by atoms with Crippen LogP contribution in [0.1, 0.15) is 50.5 Å². The molecule has 1 saturated carbocycles. The van der Waals surface area contributed by atoms with Crippen LogP contribution >= 0.6 is 0 Å². The highest BCUT2D eigenvalue weighted by atomic mass is 16.5. The summed E-state index contributed by atoms with van der Waals surface area (Å²) in [5.74, 6) is -3.34. The van der Waals surface area contributed by atoms with Crippen molar-refractivity contribution < 1.29 is 43.3 Å². The van der Waals surface area contributed by atoms with E-state index in [9.17, 15) is 29.1 Å². The molecule has 0 aromatic heterocycles. The lowest BCUT2D eigenvalue weighted by atomic mass is 9.86. The zero-order valence-corrected chi connectivity index (χ0v) is 22.6. The van der Waals surface area contributed by atoms with E-state index in [1.165, 1.54) is 7.11 Å². The van der Waals surface area contributed by atoms with Gasteiger partial charge in [0.2, 0.25) is 11.8 Å². The predicted octanol–water partition coefficient (Wildman–Crippen LogP) is 1.86. The van der Waals surface area contributed by atoms with Crippen LogP contribution in [0.15, 0.2) is 30.3 Å². The van der Waals surface area contributed by atoms with E-state index in [-0.39, 0.29) is 25.0 Å². The number of esters is 1. The van der Waals surface area contributed by atoms with Crippen molar-refractivity contribution in [2.45, 2.75) is 63.7 Å². The molecule has 2 rings (SSSR count). The average molecular weight is 550 g/mol. The minimum Gasteiger partial charge on any atom is -0.480 e. The molecule has 3 amide bonds. The number of hydrogen-bond acceptors (Lipinski definition) is 8. The molecule has 1 aliphatic carbocycles. The lowest BCUT2D eigenvalue weighted by molar-refractivity contribution is -0.150. The first-order valence-corrected chi connectivity index (χ1v) is 13.1. The fourth-order valence-corrected chi connectivity index (χ4v) is 4.42. The van der Waals surface area contributed by atoms with Crippen molar-refractivity contribution in [2.24, 2.45) is 5.92 Å². The molecule has 1 aromatic rings. The van der Waals surface area contributed by atoms with Gasteiger partial charge in [-0.05, 0) is 50.5 Å². The molecule has 1 fully saturated rings. The number of ether oxygens (including phenoxy) is 3. The van der Waals surface area contributed by atoms with Gasteiger partial charge in [0.25, 0.3) is 0 Å². The van der Waals surface area contributed by atoms with Crippen molar-refractivity contribution in [1.82, 2.24) is 15.5 Å². The molecule has 12 nitrogen and oxygen atoms in total. The Morgan fingerprint density at radius 1 is 1.00 bits per heavy atom. The summed E-state index contributed by atoms with van der Waals surface area (Å²) in [7, 11) is 2.81. The minimum absolute atomic E-state index is 0.0706. The first-order chi connectivity index (χ1) is 18.7. The van der Waals surface area contributed by atoms with E-state index < -0.39 is 49.0 Å². The van der Waals surface area contributed by atoms with Gasteiger partial charge in [0, 0.05) is 19.6 Å². The molecule has 0 heterocycles. The fourth-order valence-electron chi connectivity index (χ4n) is 4.42. The molecule has 0 saturated heterocycles. The Labute approximate surface area is 228 Å². The third-order valence-corrected chi connectivity index (χ3v) is 6.55. The summed E-state index contributed by atoms with van der Waals surface area (Å²) in [6.07, 6.45) is 3.19. The maximum absolute atomic E-state index is 13.0. The highest BCUT2D eigenvalue weighted by Gasteiger charge is 2.32. The van der Waals surface area contributed by atoms with Gasteiger partial charge in [-0.15, -0.1) is 0 Å². The Bertz CT molecular complexity index is 949. The van der Waals surface area contributed by atoms with Crippen LogP contribution in [0.5, 0.6) is 0 Å². The molecule has 0 aliphatic heterocycles. The summed E-state index contributed by atoms with van der Waals surface area (Å²) in [5.41, 5.74) is 0.867. The van der Waals surface area contributed by atoms with Crippen LogP contribution in [-0.2, 0) is 40.0 Å². The van der Waals surface area contributed by atoms with Gasteiger partial charge in [-0.1, -0.05) is 30.3 Å². The summed E-state index contributed by atoms with van der Waals surface area (Å²) in [6.45, 7) is -0.649. The summed E-state index contributed by atoms with van der Waals surface area (Å²) in [5, 5.41) is 14.5. The van der Waals surface area contributed by atoms with Crippen LogP contribution in [0.2, 0.25) is 0 Å². The van der Waals surface area contributed by atoms with E-state index in [0.717, 1.165) is 10.5 Å². The molecule has 1 atom stereocenters. The molecule has 39 heavy (non-hydrogen) atoms. The van der Waals surface area contributed by atoms with Gasteiger partial charge < -0.3 is 34.9 Å². The number of aliphatic carboxylic acids is 1. The van der Waals surface area contributed by atoms with Crippen molar-refractivity contribution in [3.05, 3.63) is 35.9 Å². The molecule has 0 bridgehead atoms. The van der Waals surface area contributed by atoms with Crippen LogP contribution in [0.25, 0.3) is 0 Å². The highest BCUT2D eigenvalue weighted by Crippen LogP contribution is 2.27.